The van der Waals surface area contributed by atoms with Crippen LogP contribution in [-0.2, 0) is 0 Å². The summed E-state index contributed by atoms with van der Waals surface area (Å²) < 4.78 is 5.54. The fraction of sp³-hybridized carbons (Fsp3) is 0.462. The first-order chi connectivity index (χ1) is 8.18. The lowest BCUT2D eigenvalue weighted by Crippen LogP contribution is -2.36. The Kier molecular flexibility index (Phi) is 5.93. The molecule has 94 valence electrons. The molecule has 1 aromatic rings. The molecule has 3 N–H and O–H groups in total. The number of nitrogens with one attached hydrogen (secondary N) is 1. The van der Waals surface area contributed by atoms with Gasteiger partial charge in [-0.2, -0.15) is 0 Å². The molecule has 0 atom stereocenters. The minimum absolute atomic E-state index is 0.319. The summed E-state index contributed by atoms with van der Waals surface area (Å²) in [5.41, 5.74) is 5.67. The van der Waals surface area contributed by atoms with Crippen LogP contribution in [-0.4, -0.2) is 25.2 Å². The zero-order valence-corrected chi connectivity index (χ0v) is 10.5. The predicted molar refractivity (Wildman–Crippen MR) is 71.3 cm³/mol. The number of aliphatic imine (C=N–C) groups is 1. The van der Waals surface area contributed by atoms with Gasteiger partial charge in [0.2, 0.25) is 0 Å². The number of ether oxygens (including phenoxy) is 1. The Balaban J connectivity index is 2.12. The lowest BCUT2D eigenvalue weighted by atomic mass is 10.3. The van der Waals surface area contributed by atoms with E-state index in [1.807, 2.05) is 44.2 Å². The molecule has 0 spiro atoms. The van der Waals surface area contributed by atoms with Crippen LogP contribution in [0.2, 0.25) is 0 Å². The van der Waals surface area contributed by atoms with Crippen LogP contribution in [0.25, 0.3) is 0 Å². The molecule has 0 aliphatic carbocycles. The summed E-state index contributed by atoms with van der Waals surface area (Å²) in [7, 11) is 0. The molecule has 0 unspecified atom stereocenters. The summed E-state index contributed by atoms with van der Waals surface area (Å²) in [5.74, 6) is 1.39. The van der Waals surface area contributed by atoms with Crippen LogP contribution in [0.1, 0.15) is 20.3 Å². The van der Waals surface area contributed by atoms with Crippen molar-refractivity contribution in [1.29, 1.82) is 0 Å². The Hall–Kier alpha value is -1.71. The zero-order chi connectivity index (χ0) is 12.5. The van der Waals surface area contributed by atoms with Crippen molar-refractivity contribution < 1.29 is 4.74 Å². The maximum absolute atomic E-state index is 5.67. The van der Waals surface area contributed by atoms with Crippen LogP contribution in [0, 0.1) is 0 Å². The van der Waals surface area contributed by atoms with Crippen molar-refractivity contribution in [3.63, 3.8) is 0 Å². The molecule has 0 heterocycles. The van der Waals surface area contributed by atoms with Crippen molar-refractivity contribution in [2.24, 2.45) is 10.7 Å². The van der Waals surface area contributed by atoms with Crippen molar-refractivity contribution in [3.8, 4) is 5.75 Å². The van der Waals surface area contributed by atoms with Gasteiger partial charge in [0.15, 0.2) is 5.96 Å². The Labute approximate surface area is 103 Å². The van der Waals surface area contributed by atoms with Crippen LogP contribution in [0.3, 0.4) is 0 Å². The molecule has 0 bridgehead atoms. The molecule has 1 rings (SSSR count). The molecule has 0 amide bonds. The quantitative estimate of drug-likeness (QED) is 0.449. The van der Waals surface area contributed by atoms with Crippen molar-refractivity contribution >= 4 is 5.96 Å². The van der Waals surface area contributed by atoms with Gasteiger partial charge in [-0.05, 0) is 26.0 Å². The van der Waals surface area contributed by atoms with Crippen LogP contribution < -0.4 is 15.8 Å². The number of nitrogens with zero attached hydrogens (tertiary/aromatic N) is 1. The number of benzene rings is 1. The molecule has 0 radical (unpaired) electrons. The van der Waals surface area contributed by atoms with Gasteiger partial charge in [-0.25, -0.2) is 0 Å². The Bertz CT molecular complexity index is 336. The molecule has 0 saturated carbocycles. The Morgan fingerprint density at radius 2 is 2.06 bits per heavy atom. The van der Waals surface area contributed by atoms with Crippen molar-refractivity contribution in [2.75, 3.05) is 13.2 Å². The lowest BCUT2D eigenvalue weighted by Gasteiger charge is -2.08. The third kappa shape index (κ3) is 6.45. The van der Waals surface area contributed by atoms with Gasteiger partial charge < -0.3 is 15.8 Å². The van der Waals surface area contributed by atoms with Gasteiger partial charge in [-0.15, -0.1) is 0 Å². The molecule has 0 saturated heterocycles. The average molecular weight is 235 g/mol. The fourth-order valence-corrected chi connectivity index (χ4v) is 1.31. The number of para-hydroxylation sites is 1. The van der Waals surface area contributed by atoms with Gasteiger partial charge in [0.05, 0.1) is 6.61 Å². The van der Waals surface area contributed by atoms with Crippen LogP contribution in [0.15, 0.2) is 35.3 Å². The topological polar surface area (TPSA) is 59.6 Å². The standard InChI is InChI=1S/C13H21N3O/c1-11(2)16-13(14)15-9-6-10-17-12-7-4-3-5-8-12/h3-5,7-8,11H,6,9-10H2,1-2H3,(H3,14,15,16). The van der Waals surface area contributed by atoms with E-state index in [9.17, 15) is 0 Å². The number of rotatable bonds is 6. The molecule has 0 aromatic heterocycles. The summed E-state index contributed by atoms with van der Waals surface area (Å²) in [6.07, 6.45) is 0.857. The number of hydrogen-bond acceptors (Lipinski definition) is 2. The Morgan fingerprint density at radius 1 is 1.35 bits per heavy atom. The van der Waals surface area contributed by atoms with Crippen LogP contribution >= 0.6 is 0 Å². The van der Waals surface area contributed by atoms with E-state index in [4.69, 9.17) is 10.5 Å². The summed E-state index contributed by atoms with van der Waals surface area (Å²) in [6.45, 7) is 5.39. The van der Waals surface area contributed by atoms with E-state index in [0.29, 0.717) is 25.2 Å². The smallest absolute Gasteiger partial charge is 0.188 e. The van der Waals surface area contributed by atoms with Crippen LogP contribution in [0.4, 0.5) is 0 Å². The third-order valence-electron chi connectivity index (χ3n) is 2.03. The Morgan fingerprint density at radius 3 is 2.71 bits per heavy atom. The first kappa shape index (κ1) is 13.4. The van der Waals surface area contributed by atoms with E-state index < -0.39 is 0 Å². The molecular formula is C13H21N3O. The number of hydrogen-bond donors (Lipinski definition) is 2. The summed E-state index contributed by atoms with van der Waals surface area (Å²) in [6, 6.07) is 10.1. The van der Waals surface area contributed by atoms with E-state index in [2.05, 4.69) is 10.3 Å². The van der Waals surface area contributed by atoms with Gasteiger partial charge in [-0.3, -0.25) is 4.99 Å². The first-order valence-corrected chi connectivity index (χ1v) is 5.93. The second-order valence-corrected chi connectivity index (χ2v) is 4.08. The van der Waals surface area contributed by atoms with Gasteiger partial charge >= 0.3 is 0 Å². The molecule has 0 aliphatic rings. The molecule has 1 aromatic carbocycles. The third-order valence-corrected chi connectivity index (χ3v) is 2.03. The second kappa shape index (κ2) is 7.54. The SMILES string of the molecule is CC(C)NC(N)=NCCCOc1ccccc1. The monoisotopic (exact) mass is 235 g/mol. The normalized spacial score (nSPS) is 11.6. The molecule has 4 nitrogen and oxygen atoms in total. The van der Waals surface area contributed by atoms with Gasteiger partial charge in [0, 0.05) is 19.0 Å². The van der Waals surface area contributed by atoms with Crippen molar-refractivity contribution in [1.82, 2.24) is 5.32 Å². The van der Waals surface area contributed by atoms with Crippen LogP contribution in [0.5, 0.6) is 5.75 Å². The van der Waals surface area contributed by atoms with Gasteiger partial charge in [0.1, 0.15) is 5.75 Å². The number of nitrogens with two attached hydrogens (primary N) is 1. The lowest BCUT2D eigenvalue weighted by molar-refractivity contribution is 0.313. The highest BCUT2D eigenvalue weighted by Gasteiger charge is 1.95. The zero-order valence-electron chi connectivity index (χ0n) is 10.5. The largest absolute Gasteiger partial charge is 0.494 e. The highest BCUT2D eigenvalue weighted by Crippen LogP contribution is 2.08. The highest BCUT2D eigenvalue weighted by molar-refractivity contribution is 5.77. The van der Waals surface area contributed by atoms with E-state index >= 15 is 0 Å². The maximum Gasteiger partial charge on any atom is 0.188 e. The summed E-state index contributed by atoms with van der Waals surface area (Å²) in [5, 5.41) is 3.04. The molecule has 0 fully saturated rings. The summed E-state index contributed by atoms with van der Waals surface area (Å²) in [4.78, 5) is 4.20. The van der Waals surface area contributed by atoms with E-state index in [1.165, 1.54) is 0 Å². The molecule has 4 heteroatoms. The molecular weight excluding hydrogens is 214 g/mol. The molecule has 17 heavy (non-hydrogen) atoms. The van der Waals surface area contributed by atoms with Gasteiger partial charge in [0.25, 0.3) is 0 Å². The molecule has 0 aliphatic heterocycles. The highest BCUT2D eigenvalue weighted by atomic mass is 16.5. The van der Waals surface area contributed by atoms with Crippen molar-refractivity contribution in [3.05, 3.63) is 30.3 Å². The van der Waals surface area contributed by atoms with E-state index in [1.54, 1.807) is 0 Å². The predicted octanol–water partition coefficient (Wildman–Crippen LogP) is 1.77. The fourth-order valence-electron chi connectivity index (χ4n) is 1.31. The summed E-state index contributed by atoms with van der Waals surface area (Å²) >= 11 is 0. The van der Waals surface area contributed by atoms with E-state index in [0.717, 1.165) is 12.2 Å². The van der Waals surface area contributed by atoms with Gasteiger partial charge in [-0.1, -0.05) is 18.2 Å². The average Bonchev–Trinajstić information content (AvgIpc) is 2.29. The second-order valence-electron chi connectivity index (χ2n) is 4.08. The maximum atomic E-state index is 5.67. The van der Waals surface area contributed by atoms with E-state index in [-0.39, 0.29) is 0 Å². The minimum Gasteiger partial charge on any atom is -0.494 e. The van der Waals surface area contributed by atoms with Crippen molar-refractivity contribution in [2.45, 2.75) is 26.3 Å². The first-order valence-electron chi connectivity index (χ1n) is 5.93. The minimum atomic E-state index is 0.319. The number of guanidine groups is 1.